The van der Waals surface area contributed by atoms with Crippen molar-refractivity contribution in [2.24, 2.45) is 35.5 Å². The van der Waals surface area contributed by atoms with Crippen LogP contribution in [0.4, 0.5) is 0 Å². The van der Waals surface area contributed by atoms with Gasteiger partial charge in [-0.1, -0.05) is 42.5 Å². The van der Waals surface area contributed by atoms with Gasteiger partial charge in [0.05, 0.1) is 12.7 Å². The van der Waals surface area contributed by atoms with Gasteiger partial charge < -0.3 is 4.74 Å². The summed E-state index contributed by atoms with van der Waals surface area (Å²) in [5, 5.41) is 0. The van der Waals surface area contributed by atoms with Crippen LogP contribution in [0.15, 0.2) is 42.5 Å². The van der Waals surface area contributed by atoms with Gasteiger partial charge in [0.25, 0.3) is 0 Å². The molecule has 3 saturated carbocycles. The van der Waals surface area contributed by atoms with Crippen LogP contribution in [-0.4, -0.2) is 6.10 Å². The molecule has 4 aliphatic rings. The summed E-state index contributed by atoms with van der Waals surface area (Å²) in [7, 11) is 0. The maximum Gasteiger partial charge on any atom is 0.0720 e. The standard InChI is InChI=1S/C19H22O/c1-2-4-12(5-3-1)11-20-17-10-15-9-16(17)19-14-7-6-13(8-14)18(15)19/h1-7,13-19H,8-11H2. The molecule has 1 nitrogen and oxygen atoms in total. The van der Waals surface area contributed by atoms with Gasteiger partial charge in [0, 0.05) is 0 Å². The van der Waals surface area contributed by atoms with Crippen LogP contribution in [0.5, 0.6) is 0 Å². The first-order valence-electron chi connectivity index (χ1n) is 8.24. The van der Waals surface area contributed by atoms with Gasteiger partial charge in [0.2, 0.25) is 0 Å². The zero-order chi connectivity index (χ0) is 13.1. The topological polar surface area (TPSA) is 9.23 Å². The van der Waals surface area contributed by atoms with Crippen molar-refractivity contribution in [3.05, 3.63) is 48.0 Å². The predicted octanol–water partition coefficient (Wildman–Crippen LogP) is 4.05. The average Bonchev–Trinajstić information content (AvgIpc) is 3.24. The van der Waals surface area contributed by atoms with E-state index in [9.17, 15) is 0 Å². The van der Waals surface area contributed by atoms with Crippen LogP contribution in [0.3, 0.4) is 0 Å². The number of fused-ring (bicyclic) bond motifs is 9. The van der Waals surface area contributed by atoms with E-state index in [-0.39, 0.29) is 0 Å². The van der Waals surface area contributed by atoms with Crippen molar-refractivity contribution < 1.29 is 4.74 Å². The fraction of sp³-hybridized carbons (Fsp3) is 0.579. The van der Waals surface area contributed by atoms with Gasteiger partial charge in [-0.3, -0.25) is 0 Å². The molecule has 7 unspecified atom stereocenters. The minimum Gasteiger partial charge on any atom is -0.373 e. The van der Waals surface area contributed by atoms with E-state index >= 15 is 0 Å². The lowest BCUT2D eigenvalue weighted by molar-refractivity contribution is -0.0277. The second-order valence-corrected chi connectivity index (χ2v) is 7.33. The molecular weight excluding hydrogens is 244 g/mol. The lowest BCUT2D eigenvalue weighted by Gasteiger charge is -2.36. The van der Waals surface area contributed by atoms with Crippen LogP contribution in [0, 0.1) is 35.5 Å². The van der Waals surface area contributed by atoms with E-state index in [0.717, 1.165) is 42.1 Å². The molecule has 0 spiro atoms. The van der Waals surface area contributed by atoms with Crippen molar-refractivity contribution in [2.45, 2.75) is 32.0 Å². The summed E-state index contributed by atoms with van der Waals surface area (Å²) in [4.78, 5) is 0. The van der Waals surface area contributed by atoms with Crippen LogP contribution < -0.4 is 0 Å². The molecule has 0 aromatic heterocycles. The van der Waals surface area contributed by atoms with Gasteiger partial charge >= 0.3 is 0 Å². The van der Waals surface area contributed by atoms with Crippen LogP contribution in [0.1, 0.15) is 24.8 Å². The maximum absolute atomic E-state index is 6.31. The minimum atomic E-state index is 0.536. The Bertz CT molecular complexity index is 534. The average molecular weight is 266 g/mol. The number of benzene rings is 1. The molecule has 20 heavy (non-hydrogen) atoms. The highest BCUT2D eigenvalue weighted by atomic mass is 16.5. The van der Waals surface area contributed by atoms with Gasteiger partial charge in [-0.15, -0.1) is 0 Å². The normalized spacial score (nSPS) is 47.1. The molecule has 0 amide bonds. The van der Waals surface area contributed by atoms with E-state index in [4.69, 9.17) is 4.74 Å². The summed E-state index contributed by atoms with van der Waals surface area (Å²) in [6.45, 7) is 0.802. The van der Waals surface area contributed by atoms with Crippen molar-refractivity contribution in [3.63, 3.8) is 0 Å². The SMILES string of the molecule is C1=CC2CC1C1C3CC(OCc4ccccc4)C(C3)C21. The van der Waals surface area contributed by atoms with E-state index in [2.05, 4.69) is 42.5 Å². The van der Waals surface area contributed by atoms with E-state index in [1.807, 2.05) is 0 Å². The Morgan fingerprint density at radius 3 is 2.55 bits per heavy atom. The largest absolute Gasteiger partial charge is 0.373 e. The van der Waals surface area contributed by atoms with Crippen LogP contribution in [0.2, 0.25) is 0 Å². The molecule has 0 aliphatic heterocycles. The zero-order valence-corrected chi connectivity index (χ0v) is 11.8. The zero-order valence-electron chi connectivity index (χ0n) is 11.8. The summed E-state index contributed by atoms with van der Waals surface area (Å²) in [6.07, 6.45) is 9.80. The second-order valence-electron chi connectivity index (χ2n) is 7.33. The monoisotopic (exact) mass is 266 g/mol. The van der Waals surface area contributed by atoms with Crippen molar-refractivity contribution in [2.75, 3.05) is 0 Å². The summed E-state index contributed by atoms with van der Waals surface area (Å²) in [5.41, 5.74) is 1.32. The van der Waals surface area contributed by atoms with Gasteiger partial charge in [0.15, 0.2) is 0 Å². The van der Waals surface area contributed by atoms with Crippen molar-refractivity contribution in [3.8, 4) is 0 Å². The Morgan fingerprint density at radius 2 is 1.70 bits per heavy atom. The molecule has 104 valence electrons. The van der Waals surface area contributed by atoms with E-state index < -0.39 is 0 Å². The Labute approximate surface area is 121 Å². The first kappa shape index (κ1) is 11.6. The van der Waals surface area contributed by atoms with Crippen LogP contribution in [0.25, 0.3) is 0 Å². The Morgan fingerprint density at radius 1 is 0.900 bits per heavy atom. The molecule has 0 heterocycles. The highest BCUT2D eigenvalue weighted by Crippen LogP contribution is 2.65. The van der Waals surface area contributed by atoms with Gasteiger partial charge in [-0.05, 0) is 60.3 Å². The third-order valence-electron chi connectivity index (χ3n) is 6.52. The number of hydrogen-bond donors (Lipinski definition) is 0. The third-order valence-corrected chi connectivity index (χ3v) is 6.52. The molecule has 1 aromatic rings. The Kier molecular flexibility index (Phi) is 2.43. The highest BCUT2D eigenvalue weighted by molar-refractivity contribution is 5.21. The predicted molar refractivity (Wildman–Crippen MR) is 79.0 cm³/mol. The quantitative estimate of drug-likeness (QED) is 0.592. The molecule has 1 aromatic carbocycles. The number of allylic oxidation sites excluding steroid dienone is 2. The van der Waals surface area contributed by atoms with Crippen LogP contribution in [-0.2, 0) is 11.3 Å². The van der Waals surface area contributed by atoms with Crippen molar-refractivity contribution in [1.29, 1.82) is 0 Å². The third kappa shape index (κ3) is 1.53. The van der Waals surface area contributed by atoms with E-state index in [1.54, 1.807) is 0 Å². The van der Waals surface area contributed by atoms with Crippen molar-refractivity contribution in [1.82, 2.24) is 0 Å². The summed E-state index contributed by atoms with van der Waals surface area (Å²) in [5.74, 6) is 5.62. The van der Waals surface area contributed by atoms with Gasteiger partial charge in [0.1, 0.15) is 0 Å². The molecule has 0 saturated heterocycles. The van der Waals surface area contributed by atoms with E-state index in [0.29, 0.717) is 6.10 Å². The maximum atomic E-state index is 6.31. The molecule has 4 bridgehead atoms. The molecule has 1 heteroatoms. The fourth-order valence-electron chi connectivity index (χ4n) is 5.92. The number of ether oxygens (including phenoxy) is 1. The lowest BCUT2D eigenvalue weighted by Crippen LogP contribution is -2.35. The van der Waals surface area contributed by atoms with E-state index in [1.165, 1.54) is 24.8 Å². The fourth-order valence-corrected chi connectivity index (χ4v) is 5.92. The molecule has 5 rings (SSSR count). The van der Waals surface area contributed by atoms with Gasteiger partial charge in [-0.25, -0.2) is 0 Å². The smallest absolute Gasteiger partial charge is 0.0720 e. The number of hydrogen-bond acceptors (Lipinski definition) is 1. The summed E-state index contributed by atoms with van der Waals surface area (Å²) in [6, 6.07) is 10.6. The first-order valence-corrected chi connectivity index (χ1v) is 8.24. The Balaban J connectivity index is 1.30. The highest BCUT2D eigenvalue weighted by Gasteiger charge is 2.61. The molecular formula is C19H22O. The molecule has 4 aliphatic carbocycles. The Hall–Kier alpha value is -1.08. The van der Waals surface area contributed by atoms with Crippen LogP contribution >= 0.6 is 0 Å². The molecule has 0 N–H and O–H groups in total. The first-order chi connectivity index (χ1) is 9.90. The molecule has 3 fully saturated rings. The second kappa shape index (κ2) is 4.21. The van der Waals surface area contributed by atoms with Crippen molar-refractivity contribution >= 4 is 0 Å². The number of rotatable bonds is 3. The van der Waals surface area contributed by atoms with Gasteiger partial charge in [-0.2, -0.15) is 0 Å². The molecule has 7 atom stereocenters. The minimum absolute atomic E-state index is 0.536. The lowest BCUT2D eigenvalue weighted by atomic mass is 9.72. The summed E-state index contributed by atoms with van der Waals surface area (Å²) >= 11 is 0. The molecule has 0 radical (unpaired) electrons. The summed E-state index contributed by atoms with van der Waals surface area (Å²) < 4.78 is 6.31.